The van der Waals surface area contributed by atoms with Crippen LogP contribution in [0.4, 0.5) is 0 Å². The zero-order valence-electron chi connectivity index (χ0n) is 16.8. The second-order valence-electron chi connectivity index (χ2n) is 7.14. The van der Waals surface area contributed by atoms with Crippen LogP contribution < -0.4 is 14.8 Å². The van der Waals surface area contributed by atoms with E-state index >= 15 is 0 Å². The first-order valence-corrected chi connectivity index (χ1v) is 10.9. The Balaban J connectivity index is 1.46. The lowest BCUT2D eigenvalue weighted by Gasteiger charge is -2.23. The molecular weight excluding hydrogens is 372 g/mol. The molecular formula is C22H30N2O3S. The Labute approximate surface area is 171 Å². The molecule has 5 nitrogen and oxygen atoms in total. The maximum absolute atomic E-state index is 12.1. The molecule has 1 N–H and O–H groups in total. The normalized spacial score (nSPS) is 16.7. The highest BCUT2D eigenvalue weighted by atomic mass is 32.1. The van der Waals surface area contributed by atoms with Crippen molar-refractivity contribution in [1.82, 2.24) is 10.2 Å². The quantitative estimate of drug-likeness (QED) is 0.692. The number of hydrogen-bond donors (Lipinski definition) is 1. The molecule has 1 amide bonds. The number of fused-ring (bicyclic) bond motifs is 1. The summed E-state index contributed by atoms with van der Waals surface area (Å²) in [5, 5.41) is 5.15. The fourth-order valence-corrected chi connectivity index (χ4v) is 4.19. The number of benzene rings is 1. The van der Waals surface area contributed by atoms with Gasteiger partial charge < -0.3 is 14.8 Å². The maximum atomic E-state index is 12.1. The predicted molar refractivity (Wildman–Crippen MR) is 113 cm³/mol. The minimum Gasteiger partial charge on any atom is -0.497 e. The van der Waals surface area contributed by atoms with Gasteiger partial charge >= 0.3 is 0 Å². The number of amides is 1. The second-order valence-corrected chi connectivity index (χ2v) is 8.17. The van der Waals surface area contributed by atoms with Crippen molar-refractivity contribution < 1.29 is 14.3 Å². The van der Waals surface area contributed by atoms with Crippen molar-refractivity contribution >= 4 is 17.2 Å². The third kappa shape index (κ3) is 5.97. The summed E-state index contributed by atoms with van der Waals surface area (Å²) in [6.45, 7) is 5.28. The second kappa shape index (κ2) is 10.5. The van der Waals surface area contributed by atoms with Crippen LogP contribution in [0.5, 0.6) is 11.5 Å². The molecule has 1 aliphatic heterocycles. The predicted octanol–water partition coefficient (Wildman–Crippen LogP) is 3.87. The van der Waals surface area contributed by atoms with Crippen LogP contribution in [0.15, 0.2) is 35.7 Å². The summed E-state index contributed by atoms with van der Waals surface area (Å²) < 4.78 is 11.5. The van der Waals surface area contributed by atoms with Gasteiger partial charge in [-0.25, -0.2) is 0 Å². The Morgan fingerprint density at radius 3 is 3.04 bits per heavy atom. The fourth-order valence-electron chi connectivity index (χ4n) is 3.43. The van der Waals surface area contributed by atoms with Gasteiger partial charge in [-0.1, -0.05) is 13.0 Å². The Bertz CT molecular complexity index is 748. The number of carbonyl (C=O) groups is 1. The summed E-state index contributed by atoms with van der Waals surface area (Å²) in [5.41, 5.74) is 1.14. The molecule has 2 aromatic rings. The van der Waals surface area contributed by atoms with Crippen LogP contribution in [-0.2, 0) is 17.8 Å². The average Bonchev–Trinajstić information content (AvgIpc) is 3.14. The van der Waals surface area contributed by atoms with Gasteiger partial charge in [-0.05, 0) is 48.9 Å². The van der Waals surface area contributed by atoms with E-state index in [-0.39, 0.29) is 12.0 Å². The number of hydrogen-bond acceptors (Lipinski definition) is 5. The molecule has 0 radical (unpaired) electrons. The molecule has 6 heteroatoms. The van der Waals surface area contributed by atoms with Gasteiger partial charge in [0, 0.05) is 43.0 Å². The third-order valence-electron chi connectivity index (χ3n) is 5.03. The number of aryl methyl sites for hydroxylation is 1. The lowest BCUT2D eigenvalue weighted by Crippen LogP contribution is -2.38. The van der Waals surface area contributed by atoms with Crippen LogP contribution in [0.3, 0.4) is 0 Å². The van der Waals surface area contributed by atoms with E-state index < -0.39 is 0 Å². The summed E-state index contributed by atoms with van der Waals surface area (Å²) in [5.74, 6) is 1.92. The average molecular weight is 403 g/mol. The van der Waals surface area contributed by atoms with E-state index in [1.807, 2.05) is 18.2 Å². The van der Waals surface area contributed by atoms with E-state index in [0.717, 1.165) is 56.0 Å². The summed E-state index contributed by atoms with van der Waals surface area (Å²) in [6.07, 6.45) is 3.58. The molecule has 2 heterocycles. The van der Waals surface area contributed by atoms with Crippen LogP contribution in [0, 0.1) is 0 Å². The number of thiophene rings is 1. The molecule has 0 aliphatic carbocycles. The number of methoxy groups -OCH3 is 1. The molecule has 1 aliphatic rings. The fraction of sp³-hybridized carbons (Fsp3) is 0.500. The van der Waals surface area contributed by atoms with Crippen molar-refractivity contribution in [1.29, 1.82) is 0 Å². The lowest BCUT2D eigenvalue weighted by molar-refractivity contribution is -0.121. The van der Waals surface area contributed by atoms with Crippen molar-refractivity contribution in [3.8, 4) is 11.5 Å². The molecule has 1 aromatic heterocycles. The summed E-state index contributed by atoms with van der Waals surface area (Å²) in [4.78, 5) is 15.8. The van der Waals surface area contributed by atoms with E-state index in [2.05, 4.69) is 34.7 Å². The number of rotatable bonds is 9. The van der Waals surface area contributed by atoms with Crippen molar-refractivity contribution in [3.63, 3.8) is 0 Å². The Hall–Kier alpha value is -2.05. The zero-order chi connectivity index (χ0) is 19.8. The Kier molecular flexibility index (Phi) is 7.74. The topological polar surface area (TPSA) is 50.8 Å². The van der Waals surface area contributed by atoms with E-state index in [1.165, 1.54) is 4.88 Å². The van der Waals surface area contributed by atoms with Crippen LogP contribution >= 0.6 is 11.3 Å². The maximum Gasteiger partial charge on any atom is 0.220 e. The molecule has 0 spiro atoms. The van der Waals surface area contributed by atoms with Gasteiger partial charge in [-0.3, -0.25) is 9.69 Å². The molecule has 0 unspecified atom stereocenters. The number of nitrogens with one attached hydrogen (secondary N) is 1. The molecule has 0 saturated heterocycles. The highest BCUT2D eigenvalue weighted by molar-refractivity contribution is 7.09. The Morgan fingerprint density at radius 1 is 1.39 bits per heavy atom. The first-order chi connectivity index (χ1) is 13.7. The standard InChI is InChI=1S/C22H30N2O3S/c1-3-18-16-24(15-17-14-19(26-2)9-10-21(17)27-18)12-11-23-22(25)8-4-6-20-7-5-13-28-20/h5,7,9-10,13-14,18H,3-4,6,8,11-12,15-16H2,1-2H3,(H,23,25)/t18-/m1/s1. The summed E-state index contributed by atoms with van der Waals surface area (Å²) in [6, 6.07) is 10.2. The van der Waals surface area contributed by atoms with Crippen molar-refractivity contribution in [2.75, 3.05) is 26.7 Å². The van der Waals surface area contributed by atoms with Crippen LogP contribution in [0.25, 0.3) is 0 Å². The van der Waals surface area contributed by atoms with Gasteiger partial charge in [0.05, 0.1) is 7.11 Å². The minimum atomic E-state index is 0.136. The van der Waals surface area contributed by atoms with E-state index in [4.69, 9.17) is 9.47 Å². The van der Waals surface area contributed by atoms with Crippen molar-refractivity contribution in [3.05, 3.63) is 46.2 Å². The van der Waals surface area contributed by atoms with Crippen LogP contribution in [-0.4, -0.2) is 43.7 Å². The minimum absolute atomic E-state index is 0.136. The molecule has 28 heavy (non-hydrogen) atoms. The van der Waals surface area contributed by atoms with Gasteiger partial charge in [-0.15, -0.1) is 11.3 Å². The van der Waals surface area contributed by atoms with Crippen molar-refractivity contribution in [2.45, 2.75) is 45.3 Å². The van der Waals surface area contributed by atoms with Gasteiger partial charge in [-0.2, -0.15) is 0 Å². The number of nitrogens with zero attached hydrogens (tertiary/aromatic N) is 1. The summed E-state index contributed by atoms with van der Waals surface area (Å²) in [7, 11) is 1.68. The molecule has 3 rings (SSSR count). The smallest absolute Gasteiger partial charge is 0.220 e. The van der Waals surface area contributed by atoms with Crippen LogP contribution in [0.1, 0.15) is 36.6 Å². The molecule has 152 valence electrons. The van der Waals surface area contributed by atoms with Gasteiger partial charge in [0.25, 0.3) is 0 Å². The SMILES string of the molecule is CC[C@@H]1CN(CCNC(=O)CCCc2cccs2)Cc2cc(OC)ccc2O1. The van der Waals surface area contributed by atoms with Crippen LogP contribution in [0.2, 0.25) is 0 Å². The molecule has 0 fully saturated rings. The monoisotopic (exact) mass is 402 g/mol. The highest BCUT2D eigenvalue weighted by Gasteiger charge is 2.22. The number of carbonyl (C=O) groups excluding carboxylic acids is 1. The van der Waals surface area contributed by atoms with E-state index in [9.17, 15) is 4.79 Å². The zero-order valence-corrected chi connectivity index (χ0v) is 17.6. The first kappa shape index (κ1) is 20.7. The van der Waals surface area contributed by atoms with Gasteiger partial charge in [0.1, 0.15) is 17.6 Å². The van der Waals surface area contributed by atoms with E-state index in [1.54, 1.807) is 18.4 Å². The van der Waals surface area contributed by atoms with Gasteiger partial charge in [0.15, 0.2) is 0 Å². The molecule has 0 bridgehead atoms. The third-order valence-corrected chi connectivity index (χ3v) is 5.97. The Morgan fingerprint density at radius 2 is 2.29 bits per heavy atom. The largest absolute Gasteiger partial charge is 0.497 e. The van der Waals surface area contributed by atoms with Gasteiger partial charge in [0.2, 0.25) is 5.91 Å². The first-order valence-electron chi connectivity index (χ1n) is 10.0. The number of ether oxygens (including phenoxy) is 2. The highest BCUT2D eigenvalue weighted by Crippen LogP contribution is 2.29. The molecule has 0 saturated carbocycles. The van der Waals surface area contributed by atoms with Crippen molar-refractivity contribution in [2.24, 2.45) is 0 Å². The van der Waals surface area contributed by atoms with E-state index in [0.29, 0.717) is 13.0 Å². The molecule has 1 atom stereocenters. The molecule has 1 aromatic carbocycles. The summed E-state index contributed by atoms with van der Waals surface area (Å²) >= 11 is 1.75. The lowest BCUT2D eigenvalue weighted by atomic mass is 10.2.